The number of aromatic carboxylic acids is 1. The molecule has 16 heavy (non-hydrogen) atoms. The van der Waals surface area contributed by atoms with Crippen molar-refractivity contribution in [1.29, 1.82) is 0 Å². The van der Waals surface area contributed by atoms with Crippen LogP contribution in [0, 0.1) is 0 Å². The molecule has 1 aromatic heterocycles. The summed E-state index contributed by atoms with van der Waals surface area (Å²) >= 11 is 5.80. The predicted molar refractivity (Wildman–Crippen MR) is 58.2 cm³/mol. The predicted octanol–water partition coefficient (Wildman–Crippen LogP) is 1.85. The fourth-order valence-corrected chi connectivity index (χ4v) is 1.24. The first kappa shape index (κ1) is 12.7. The number of pyridine rings is 1. The van der Waals surface area contributed by atoms with Gasteiger partial charge >= 0.3 is 5.97 Å². The summed E-state index contributed by atoms with van der Waals surface area (Å²) in [5, 5.41) is 8.88. The Kier molecular flexibility index (Phi) is 5.01. The molecular formula is C10H12ClNO4. The minimum absolute atomic E-state index is 0.0363. The highest BCUT2D eigenvalue weighted by Gasteiger charge is 2.09. The van der Waals surface area contributed by atoms with Crippen molar-refractivity contribution in [2.75, 3.05) is 20.3 Å². The smallest absolute Gasteiger partial charge is 0.337 e. The van der Waals surface area contributed by atoms with Gasteiger partial charge in [-0.2, -0.15) is 0 Å². The van der Waals surface area contributed by atoms with Gasteiger partial charge in [0.15, 0.2) is 0 Å². The van der Waals surface area contributed by atoms with E-state index in [0.717, 1.165) is 6.42 Å². The summed E-state index contributed by atoms with van der Waals surface area (Å²) in [6.45, 7) is 1.01. The van der Waals surface area contributed by atoms with Gasteiger partial charge in [-0.1, -0.05) is 11.6 Å². The molecule has 0 fully saturated rings. The van der Waals surface area contributed by atoms with Crippen LogP contribution < -0.4 is 4.74 Å². The molecule has 6 heteroatoms. The lowest BCUT2D eigenvalue weighted by atomic mass is 10.3. The molecule has 1 N–H and O–H groups in total. The first-order valence-corrected chi connectivity index (χ1v) is 5.03. The monoisotopic (exact) mass is 245 g/mol. The number of carboxylic acid groups (broad SMARTS) is 1. The van der Waals surface area contributed by atoms with Crippen LogP contribution in [0.5, 0.6) is 5.88 Å². The second kappa shape index (κ2) is 6.30. The molecule has 0 saturated heterocycles. The number of hydrogen-bond donors (Lipinski definition) is 1. The third-order valence-electron chi connectivity index (χ3n) is 1.79. The summed E-state index contributed by atoms with van der Waals surface area (Å²) in [6.07, 6.45) is 1.93. The van der Waals surface area contributed by atoms with Crippen LogP contribution in [0.25, 0.3) is 0 Å². The standard InChI is InChI=1S/C10H12ClNO4/c1-15-3-2-4-16-9-8(11)5-7(6-12-9)10(13)14/h5-6H,2-4H2,1H3,(H,13,14). The third kappa shape index (κ3) is 3.67. The van der Waals surface area contributed by atoms with Gasteiger partial charge in [0.05, 0.1) is 12.2 Å². The molecular weight excluding hydrogens is 234 g/mol. The normalized spacial score (nSPS) is 10.1. The molecule has 1 aromatic rings. The highest BCUT2D eigenvalue weighted by atomic mass is 35.5. The SMILES string of the molecule is COCCCOc1ncc(C(=O)O)cc1Cl. The van der Waals surface area contributed by atoms with E-state index in [1.807, 2.05) is 0 Å². The average molecular weight is 246 g/mol. The summed E-state index contributed by atoms with van der Waals surface area (Å²) in [6, 6.07) is 1.31. The topological polar surface area (TPSA) is 68.7 Å². The Morgan fingerprint density at radius 3 is 2.88 bits per heavy atom. The largest absolute Gasteiger partial charge is 0.478 e. The number of carboxylic acids is 1. The van der Waals surface area contributed by atoms with Gasteiger partial charge in [0, 0.05) is 26.3 Å². The van der Waals surface area contributed by atoms with Gasteiger partial charge in [-0.25, -0.2) is 9.78 Å². The summed E-state index contributed by atoms with van der Waals surface area (Å²) in [5.74, 6) is -0.830. The van der Waals surface area contributed by atoms with E-state index in [1.165, 1.54) is 12.3 Å². The highest BCUT2D eigenvalue weighted by molar-refractivity contribution is 6.32. The highest BCUT2D eigenvalue weighted by Crippen LogP contribution is 2.22. The van der Waals surface area contributed by atoms with Crippen LogP contribution in [0.1, 0.15) is 16.8 Å². The molecule has 0 amide bonds. The Morgan fingerprint density at radius 1 is 1.56 bits per heavy atom. The van der Waals surface area contributed by atoms with Gasteiger partial charge < -0.3 is 14.6 Å². The number of nitrogens with zero attached hydrogens (tertiary/aromatic N) is 1. The first-order valence-electron chi connectivity index (χ1n) is 4.65. The Bertz CT molecular complexity index is 370. The second-order valence-electron chi connectivity index (χ2n) is 3.01. The van der Waals surface area contributed by atoms with E-state index in [-0.39, 0.29) is 16.5 Å². The molecule has 0 saturated carbocycles. The Labute approximate surface area is 98.0 Å². The molecule has 5 nitrogen and oxygen atoms in total. The maximum atomic E-state index is 10.6. The van der Waals surface area contributed by atoms with Crippen LogP contribution >= 0.6 is 11.6 Å². The van der Waals surface area contributed by atoms with E-state index >= 15 is 0 Å². The van der Waals surface area contributed by atoms with Crippen molar-refractivity contribution in [2.24, 2.45) is 0 Å². The van der Waals surface area contributed by atoms with E-state index in [1.54, 1.807) is 7.11 Å². The van der Waals surface area contributed by atoms with Crippen molar-refractivity contribution < 1.29 is 19.4 Å². The maximum absolute atomic E-state index is 10.6. The number of carbonyl (C=O) groups is 1. The van der Waals surface area contributed by atoms with Gasteiger partial charge in [-0.3, -0.25) is 0 Å². The van der Waals surface area contributed by atoms with Crippen LogP contribution in [0.2, 0.25) is 5.02 Å². The van der Waals surface area contributed by atoms with Crippen molar-refractivity contribution in [1.82, 2.24) is 4.98 Å². The first-order chi connectivity index (χ1) is 7.65. The van der Waals surface area contributed by atoms with Crippen LogP contribution in [-0.2, 0) is 4.74 Å². The van der Waals surface area contributed by atoms with Crippen LogP contribution in [-0.4, -0.2) is 36.4 Å². The van der Waals surface area contributed by atoms with E-state index in [0.29, 0.717) is 13.2 Å². The fraction of sp³-hybridized carbons (Fsp3) is 0.400. The molecule has 88 valence electrons. The third-order valence-corrected chi connectivity index (χ3v) is 2.06. The minimum Gasteiger partial charge on any atom is -0.478 e. The Hall–Kier alpha value is -1.33. The number of halogens is 1. The number of methoxy groups -OCH3 is 1. The Morgan fingerprint density at radius 2 is 2.31 bits per heavy atom. The number of hydrogen-bond acceptors (Lipinski definition) is 4. The van der Waals surface area contributed by atoms with Gasteiger partial charge in [0.2, 0.25) is 5.88 Å². The summed E-state index contributed by atoms with van der Waals surface area (Å²) in [5.41, 5.74) is 0.0363. The van der Waals surface area contributed by atoms with Crippen LogP contribution in [0.15, 0.2) is 12.3 Å². The molecule has 0 spiro atoms. The van der Waals surface area contributed by atoms with Crippen molar-refractivity contribution in [3.63, 3.8) is 0 Å². The molecule has 1 heterocycles. The number of ether oxygens (including phenoxy) is 2. The minimum atomic E-state index is -1.07. The number of rotatable bonds is 6. The van der Waals surface area contributed by atoms with Gasteiger partial charge in [0.25, 0.3) is 0 Å². The summed E-state index contributed by atoms with van der Waals surface area (Å²) < 4.78 is 10.1. The molecule has 0 aromatic carbocycles. The van der Waals surface area contributed by atoms with E-state index in [9.17, 15) is 4.79 Å². The summed E-state index contributed by atoms with van der Waals surface area (Å²) in [7, 11) is 1.60. The molecule has 1 rings (SSSR count). The van der Waals surface area contributed by atoms with Gasteiger partial charge in [-0.05, 0) is 6.07 Å². The lowest BCUT2D eigenvalue weighted by Gasteiger charge is -2.06. The van der Waals surface area contributed by atoms with E-state index < -0.39 is 5.97 Å². The molecule has 0 aliphatic carbocycles. The van der Waals surface area contributed by atoms with Gasteiger partial charge in [0.1, 0.15) is 5.02 Å². The fourth-order valence-electron chi connectivity index (χ4n) is 1.02. The molecule has 0 atom stereocenters. The van der Waals surface area contributed by atoms with Crippen molar-refractivity contribution in [3.8, 4) is 5.88 Å². The molecule has 0 radical (unpaired) electrons. The lowest BCUT2D eigenvalue weighted by Crippen LogP contribution is -2.04. The second-order valence-corrected chi connectivity index (χ2v) is 3.42. The zero-order chi connectivity index (χ0) is 12.0. The quantitative estimate of drug-likeness (QED) is 0.775. The van der Waals surface area contributed by atoms with Crippen LogP contribution in [0.4, 0.5) is 0 Å². The molecule has 0 unspecified atom stereocenters. The molecule has 0 aliphatic rings. The maximum Gasteiger partial charge on any atom is 0.337 e. The molecule has 0 bridgehead atoms. The van der Waals surface area contributed by atoms with Crippen molar-refractivity contribution in [3.05, 3.63) is 22.8 Å². The number of aromatic nitrogens is 1. The zero-order valence-electron chi connectivity index (χ0n) is 8.77. The van der Waals surface area contributed by atoms with Crippen molar-refractivity contribution in [2.45, 2.75) is 6.42 Å². The van der Waals surface area contributed by atoms with E-state index in [4.69, 9.17) is 26.2 Å². The zero-order valence-corrected chi connectivity index (χ0v) is 9.53. The average Bonchev–Trinajstić information content (AvgIpc) is 2.26. The van der Waals surface area contributed by atoms with Crippen molar-refractivity contribution >= 4 is 17.6 Å². The van der Waals surface area contributed by atoms with Gasteiger partial charge in [-0.15, -0.1) is 0 Å². The lowest BCUT2D eigenvalue weighted by molar-refractivity contribution is 0.0696. The van der Waals surface area contributed by atoms with Crippen LogP contribution in [0.3, 0.4) is 0 Å². The Balaban J connectivity index is 2.57. The summed E-state index contributed by atoms with van der Waals surface area (Å²) in [4.78, 5) is 14.4. The molecule has 0 aliphatic heterocycles. The van der Waals surface area contributed by atoms with E-state index in [2.05, 4.69) is 4.98 Å².